The molecule has 0 radical (unpaired) electrons. The average molecular weight is 1530 g/mol. The monoisotopic (exact) mass is 1530 g/mol. The first kappa shape index (κ1) is 101. The zero-order valence-corrected chi connectivity index (χ0v) is 68.0. The molecule has 0 aliphatic rings. The molecule has 0 fully saturated rings. The van der Waals surface area contributed by atoms with Crippen LogP contribution in [0.4, 0.5) is 0 Å². The van der Waals surface area contributed by atoms with Crippen molar-refractivity contribution in [2.75, 3.05) is 39.6 Å². The van der Waals surface area contributed by atoms with E-state index >= 15 is 0 Å². The van der Waals surface area contributed by atoms with Gasteiger partial charge in [-0.1, -0.05) is 312 Å². The molecule has 0 spiro atoms. The van der Waals surface area contributed by atoms with Gasteiger partial charge in [0.2, 0.25) is 0 Å². The maximum absolute atomic E-state index is 13.0. The Labute approximate surface area is 648 Å². The van der Waals surface area contributed by atoms with Crippen LogP contribution in [0.5, 0.6) is 0 Å². The van der Waals surface area contributed by atoms with Crippen LogP contribution in [-0.2, 0) is 55.8 Å². The van der Waals surface area contributed by atoms with Crippen LogP contribution in [0.2, 0.25) is 0 Å². The summed E-state index contributed by atoms with van der Waals surface area (Å²) in [5, 5.41) is 20.7. The minimum Gasteiger partial charge on any atom is -0.463 e. The van der Waals surface area contributed by atoms with Gasteiger partial charge in [0.25, 0.3) is 0 Å². The van der Waals surface area contributed by atoms with Crippen molar-refractivity contribution in [1.29, 1.82) is 0 Å². The highest BCUT2D eigenvalue weighted by Crippen LogP contribution is 2.45. The summed E-state index contributed by atoms with van der Waals surface area (Å²) in [4.78, 5) is 58.7. The first-order chi connectivity index (χ1) is 52.2. The molecule has 0 saturated carbocycles. The van der Waals surface area contributed by atoms with Crippen molar-refractivity contribution in [1.82, 2.24) is 0 Å². The quantitative estimate of drug-likeness (QED) is 0.0146. The first-order valence-electron chi connectivity index (χ1n) is 40.7. The SMILES string of the molecule is CC/C=C\C/C=C\C/C=C\C/C=C\C/C=C\C/C=C\CCCCCCCCCCCCC(=O)OCC(O)COP(=O)(O)OCC(O)COP(=O)(O)OCC(COC(=O)CCCCCCCCC/C=C\C/C=C\C/C=C\C/C=C\CCCCC)OC(=O)CC/C=C\C/C=C\C/C=C\C/C=C\C/C=C\C/C=C\CC. The fourth-order valence-electron chi connectivity index (χ4n) is 10.2. The minimum atomic E-state index is -4.97. The van der Waals surface area contributed by atoms with Gasteiger partial charge in [-0.2, -0.15) is 0 Å². The molecule has 4 N–H and O–H groups in total. The van der Waals surface area contributed by atoms with Crippen LogP contribution < -0.4 is 0 Å². The molecule has 0 aromatic carbocycles. The molecule has 18 heteroatoms. The number of unbranched alkanes of at least 4 members (excludes halogenated alkanes) is 20. The predicted octanol–water partition coefficient (Wildman–Crippen LogP) is 24.3. The molecule has 0 heterocycles. The van der Waals surface area contributed by atoms with E-state index in [1.165, 1.54) is 57.8 Å². The van der Waals surface area contributed by atoms with E-state index in [9.17, 15) is 43.5 Å². The molecule has 107 heavy (non-hydrogen) atoms. The van der Waals surface area contributed by atoms with E-state index in [1.54, 1.807) is 0 Å². The number of esters is 3. The summed E-state index contributed by atoms with van der Waals surface area (Å²) in [7, 11) is -9.84. The summed E-state index contributed by atoms with van der Waals surface area (Å²) in [6.07, 6.45) is 105. The standard InChI is InChI=1S/C89H144O16P2/c1-4-7-10-13-16-19-22-25-28-31-34-36-38-39-40-41-42-43-45-47-49-51-54-57-60-63-66-69-72-75-87(92)99-78-84(90)79-101-106(95,96)102-80-85(91)81-103-107(97,98)104-83-86(105-89(94)77-74-71-68-65-62-59-56-53-48-33-30-27-24-21-18-15-12-9-6-3)82-100-88(93)76-73-70-67-64-61-58-55-52-50-46-44-37-35-32-29-26-23-20-17-14-11-8-5-2/h7,9-10,12,16-21,25-30,34-37,39-40,42-43,46,48,50,53,59,62,68,71,84-86,90-91H,4-6,8,11,13-15,22-24,31-33,38,41,44-45,47,49,51-52,54-58,60-61,63-67,69-70,72-83H2,1-3H3,(H,95,96)(H,97,98)/b10-7-,12-9-,19-16-,20-17-,21-18-,28-25-,29-26-,30-27-,36-34-,37-35-,40-39-,43-42-,50-46-,53-48-,62-59-,71-68-. The molecule has 0 aromatic heterocycles. The summed E-state index contributed by atoms with van der Waals surface area (Å²) in [6, 6.07) is 0. The topological polar surface area (TPSA) is 231 Å². The van der Waals surface area contributed by atoms with E-state index in [0.29, 0.717) is 25.7 Å². The van der Waals surface area contributed by atoms with E-state index in [0.717, 1.165) is 167 Å². The van der Waals surface area contributed by atoms with Gasteiger partial charge >= 0.3 is 33.6 Å². The minimum absolute atomic E-state index is 0.0305. The van der Waals surface area contributed by atoms with Crippen LogP contribution in [0, 0.1) is 0 Å². The van der Waals surface area contributed by atoms with Gasteiger partial charge < -0.3 is 34.2 Å². The molecule has 5 unspecified atom stereocenters. The molecule has 0 aliphatic carbocycles. The summed E-state index contributed by atoms with van der Waals surface area (Å²) in [5.74, 6) is -1.70. The lowest BCUT2D eigenvalue weighted by Gasteiger charge is -2.21. The number of phosphoric acid groups is 2. The van der Waals surface area contributed by atoms with E-state index in [4.69, 9.17) is 32.3 Å². The van der Waals surface area contributed by atoms with Gasteiger partial charge in [0.05, 0.1) is 26.4 Å². The van der Waals surface area contributed by atoms with Crippen molar-refractivity contribution in [2.24, 2.45) is 0 Å². The van der Waals surface area contributed by atoms with Gasteiger partial charge in [0.15, 0.2) is 6.10 Å². The molecule has 0 bridgehead atoms. The molecule has 16 nitrogen and oxygen atoms in total. The van der Waals surface area contributed by atoms with Crippen LogP contribution in [0.25, 0.3) is 0 Å². The summed E-state index contributed by atoms with van der Waals surface area (Å²) < 4.78 is 61.1. The highest BCUT2D eigenvalue weighted by Gasteiger charge is 2.29. The number of rotatable bonds is 75. The van der Waals surface area contributed by atoms with Crippen molar-refractivity contribution in [3.05, 3.63) is 194 Å². The Hall–Kier alpha value is -5.61. The Bertz CT molecular complexity index is 2720. The average Bonchev–Trinajstić information content (AvgIpc) is 0.907. The van der Waals surface area contributed by atoms with Crippen molar-refractivity contribution in [3.8, 4) is 0 Å². The second-order valence-corrected chi connectivity index (χ2v) is 29.4. The predicted molar refractivity (Wildman–Crippen MR) is 444 cm³/mol. The zero-order valence-electron chi connectivity index (χ0n) is 66.2. The number of carbonyl (C=O) groups excluding carboxylic acids is 3. The lowest BCUT2D eigenvalue weighted by Crippen LogP contribution is -2.29. The van der Waals surface area contributed by atoms with Gasteiger partial charge in [-0.25, -0.2) is 9.13 Å². The van der Waals surface area contributed by atoms with E-state index in [2.05, 4.69) is 197 Å². The zero-order chi connectivity index (χ0) is 78.0. The van der Waals surface area contributed by atoms with Gasteiger partial charge in [-0.3, -0.25) is 32.5 Å². The molecular weight excluding hydrogens is 1390 g/mol. The van der Waals surface area contributed by atoms with Crippen LogP contribution in [-0.4, -0.2) is 95.9 Å². The Balaban J connectivity index is 4.69. The van der Waals surface area contributed by atoms with E-state index in [1.807, 2.05) is 18.2 Å². The molecule has 0 rings (SSSR count). The summed E-state index contributed by atoms with van der Waals surface area (Å²) in [5.41, 5.74) is 0. The Morgan fingerprint density at radius 1 is 0.271 bits per heavy atom. The number of hydrogen-bond donors (Lipinski definition) is 4. The van der Waals surface area contributed by atoms with Crippen molar-refractivity contribution in [3.63, 3.8) is 0 Å². The Morgan fingerprint density at radius 3 is 0.822 bits per heavy atom. The fourth-order valence-corrected chi connectivity index (χ4v) is 11.8. The molecule has 0 amide bonds. The second kappa shape index (κ2) is 79.9. The van der Waals surface area contributed by atoms with E-state index in [-0.39, 0.29) is 19.3 Å². The van der Waals surface area contributed by atoms with Gasteiger partial charge in [0.1, 0.15) is 25.4 Å². The van der Waals surface area contributed by atoms with Crippen molar-refractivity contribution in [2.45, 2.75) is 309 Å². The normalized spacial score (nSPS) is 14.9. The number of carbonyl (C=O) groups is 3. The maximum atomic E-state index is 13.0. The third kappa shape index (κ3) is 81.2. The highest BCUT2D eigenvalue weighted by atomic mass is 31.2. The molecule has 0 saturated heterocycles. The Morgan fingerprint density at radius 2 is 0.514 bits per heavy atom. The number of aliphatic hydroxyl groups excluding tert-OH is 2. The number of phosphoric ester groups is 2. The van der Waals surface area contributed by atoms with Crippen molar-refractivity contribution < 1.29 is 75.8 Å². The summed E-state index contributed by atoms with van der Waals surface area (Å²) in [6.45, 7) is 2.30. The molecule has 0 aliphatic heterocycles. The van der Waals surface area contributed by atoms with Gasteiger partial charge in [-0.15, -0.1) is 0 Å². The third-order valence-corrected chi connectivity index (χ3v) is 18.2. The second-order valence-electron chi connectivity index (χ2n) is 26.5. The van der Waals surface area contributed by atoms with Crippen molar-refractivity contribution >= 4 is 33.6 Å². The highest BCUT2D eigenvalue weighted by molar-refractivity contribution is 7.47. The Kier molecular flexibility index (Phi) is 75.7. The van der Waals surface area contributed by atoms with Crippen LogP contribution in [0.15, 0.2) is 194 Å². The van der Waals surface area contributed by atoms with Crippen LogP contribution in [0.3, 0.4) is 0 Å². The number of aliphatic hydroxyl groups is 2. The molecule has 5 atom stereocenters. The lowest BCUT2D eigenvalue weighted by atomic mass is 10.1. The third-order valence-electron chi connectivity index (χ3n) is 16.3. The first-order valence-corrected chi connectivity index (χ1v) is 43.7. The van der Waals surface area contributed by atoms with E-state index < -0.39 is 91.5 Å². The summed E-state index contributed by atoms with van der Waals surface area (Å²) >= 11 is 0. The van der Waals surface area contributed by atoms with Gasteiger partial charge in [-0.05, 0) is 154 Å². The van der Waals surface area contributed by atoms with Gasteiger partial charge in [0, 0.05) is 19.3 Å². The largest absolute Gasteiger partial charge is 0.472 e. The smallest absolute Gasteiger partial charge is 0.463 e. The molecule has 0 aromatic rings. The lowest BCUT2D eigenvalue weighted by molar-refractivity contribution is -0.161. The fraction of sp³-hybridized carbons (Fsp3) is 0.607. The molecular formula is C89H144O16P2. The maximum Gasteiger partial charge on any atom is 0.472 e. The van der Waals surface area contributed by atoms with Crippen LogP contribution in [0.1, 0.15) is 290 Å². The number of hydrogen-bond acceptors (Lipinski definition) is 14. The number of allylic oxidation sites excluding steroid dienone is 32. The number of ether oxygens (including phenoxy) is 3. The molecule has 606 valence electrons. The van der Waals surface area contributed by atoms with Crippen LogP contribution >= 0.6 is 15.6 Å².